The van der Waals surface area contributed by atoms with Gasteiger partial charge in [-0.2, -0.15) is 0 Å². The topological polar surface area (TPSA) is 59.4 Å². The van der Waals surface area contributed by atoms with Gasteiger partial charge in [-0.1, -0.05) is 6.92 Å². The first kappa shape index (κ1) is 12.5. The summed E-state index contributed by atoms with van der Waals surface area (Å²) in [6.07, 6.45) is 3.50. The molecule has 1 aliphatic rings. The van der Waals surface area contributed by atoms with Crippen molar-refractivity contribution in [3.8, 4) is 0 Å². The molecule has 1 saturated carbocycles. The molecule has 1 fully saturated rings. The molecule has 0 amide bonds. The third kappa shape index (κ3) is 2.35. The van der Waals surface area contributed by atoms with Crippen LogP contribution in [0.4, 0.5) is 0 Å². The van der Waals surface area contributed by atoms with Crippen molar-refractivity contribution < 1.29 is 14.6 Å². The first-order valence-electron chi connectivity index (χ1n) is 5.77. The lowest BCUT2D eigenvalue weighted by atomic mass is 9.72. The molecule has 0 bridgehead atoms. The second-order valence-electron chi connectivity index (χ2n) is 4.72. The molecule has 2 rings (SSSR count). The molecule has 0 aromatic carbocycles. The molecule has 0 unspecified atom stereocenters. The lowest BCUT2D eigenvalue weighted by molar-refractivity contribution is -0.151. The van der Waals surface area contributed by atoms with Crippen LogP contribution in [0.1, 0.15) is 31.2 Å². The molecule has 0 radical (unpaired) electrons. The summed E-state index contributed by atoms with van der Waals surface area (Å²) in [6, 6.07) is 0. The summed E-state index contributed by atoms with van der Waals surface area (Å²) in [5.74, 6) is -0.149. The SMILES string of the molecule is COC(=O)[C@@H]1CC[C@](O)(c2nccs2)C[C@@H]1C. The normalized spacial score (nSPS) is 33.4. The highest BCUT2D eigenvalue weighted by atomic mass is 32.1. The molecule has 94 valence electrons. The van der Waals surface area contributed by atoms with Crippen molar-refractivity contribution in [3.05, 3.63) is 16.6 Å². The highest BCUT2D eigenvalue weighted by molar-refractivity contribution is 7.09. The summed E-state index contributed by atoms with van der Waals surface area (Å²) >= 11 is 1.47. The summed E-state index contributed by atoms with van der Waals surface area (Å²) in [5.41, 5.74) is -0.863. The molecule has 5 heteroatoms. The fourth-order valence-electron chi connectivity index (χ4n) is 2.60. The van der Waals surface area contributed by atoms with Gasteiger partial charge in [0.05, 0.1) is 13.0 Å². The number of rotatable bonds is 2. The molecule has 1 aliphatic carbocycles. The molecular formula is C12H17NO3S. The summed E-state index contributed by atoms with van der Waals surface area (Å²) in [7, 11) is 1.41. The molecule has 0 aliphatic heterocycles. The van der Waals surface area contributed by atoms with Crippen molar-refractivity contribution >= 4 is 17.3 Å². The van der Waals surface area contributed by atoms with Crippen LogP contribution >= 0.6 is 11.3 Å². The second-order valence-corrected chi connectivity index (χ2v) is 5.61. The van der Waals surface area contributed by atoms with Crippen LogP contribution in [0.25, 0.3) is 0 Å². The largest absolute Gasteiger partial charge is 0.469 e. The standard InChI is InChI=1S/C12H17NO3S/c1-8-7-12(15,11-13-5-6-17-11)4-3-9(8)10(14)16-2/h5-6,8-9,15H,3-4,7H2,1-2H3/t8-,9+,12+/m0/s1. The highest BCUT2D eigenvalue weighted by Crippen LogP contribution is 2.43. The number of carbonyl (C=O) groups excluding carboxylic acids is 1. The molecule has 1 aromatic rings. The van der Waals surface area contributed by atoms with Gasteiger partial charge < -0.3 is 9.84 Å². The quantitative estimate of drug-likeness (QED) is 0.820. The van der Waals surface area contributed by atoms with Crippen molar-refractivity contribution in [1.82, 2.24) is 4.98 Å². The number of esters is 1. The highest BCUT2D eigenvalue weighted by Gasteiger charge is 2.43. The Kier molecular flexibility index (Phi) is 3.49. The second kappa shape index (κ2) is 4.74. The Bertz CT molecular complexity index is 392. The average Bonchev–Trinajstić information content (AvgIpc) is 2.82. The van der Waals surface area contributed by atoms with E-state index in [1.165, 1.54) is 18.4 Å². The van der Waals surface area contributed by atoms with Gasteiger partial charge in [-0.3, -0.25) is 4.79 Å². The van der Waals surface area contributed by atoms with Gasteiger partial charge in [0.1, 0.15) is 10.6 Å². The summed E-state index contributed by atoms with van der Waals surface area (Å²) < 4.78 is 4.79. The minimum absolute atomic E-state index is 0.0970. The summed E-state index contributed by atoms with van der Waals surface area (Å²) in [4.78, 5) is 15.7. The number of thiazole rings is 1. The molecule has 1 heterocycles. The predicted molar refractivity (Wildman–Crippen MR) is 64.5 cm³/mol. The number of ether oxygens (including phenoxy) is 1. The maximum absolute atomic E-state index is 11.6. The van der Waals surface area contributed by atoms with E-state index in [1.54, 1.807) is 6.20 Å². The fraction of sp³-hybridized carbons (Fsp3) is 0.667. The van der Waals surface area contributed by atoms with Crippen LogP contribution in [-0.2, 0) is 15.1 Å². The summed E-state index contributed by atoms with van der Waals surface area (Å²) in [5, 5.41) is 13.2. The van der Waals surface area contributed by atoms with E-state index in [4.69, 9.17) is 4.74 Å². The smallest absolute Gasteiger partial charge is 0.308 e. The van der Waals surface area contributed by atoms with Crippen LogP contribution in [0.15, 0.2) is 11.6 Å². The Hall–Kier alpha value is -0.940. The molecule has 1 N–H and O–H groups in total. The molecule has 1 aromatic heterocycles. The van der Waals surface area contributed by atoms with Gasteiger partial charge in [-0.25, -0.2) is 4.98 Å². The van der Waals surface area contributed by atoms with E-state index in [9.17, 15) is 9.90 Å². The zero-order chi connectivity index (χ0) is 12.5. The Morgan fingerprint density at radius 1 is 1.71 bits per heavy atom. The van der Waals surface area contributed by atoms with Crippen molar-refractivity contribution in [3.63, 3.8) is 0 Å². The van der Waals surface area contributed by atoms with Crippen LogP contribution in [0.5, 0.6) is 0 Å². The van der Waals surface area contributed by atoms with E-state index in [2.05, 4.69) is 4.98 Å². The lowest BCUT2D eigenvalue weighted by Gasteiger charge is -2.37. The molecule has 3 atom stereocenters. The number of aliphatic hydroxyl groups is 1. The number of nitrogens with zero attached hydrogens (tertiary/aromatic N) is 1. The predicted octanol–water partition coefficient (Wildman–Crippen LogP) is 1.94. The van der Waals surface area contributed by atoms with Gasteiger partial charge in [0.2, 0.25) is 0 Å². The van der Waals surface area contributed by atoms with Gasteiger partial charge in [-0.15, -0.1) is 11.3 Å². The maximum atomic E-state index is 11.6. The molecular weight excluding hydrogens is 238 g/mol. The van der Waals surface area contributed by atoms with Crippen molar-refractivity contribution in [1.29, 1.82) is 0 Å². The Balaban J connectivity index is 2.11. The van der Waals surface area contributed by atoms with Crippen LogP contribution in [-0.4, -0.2) is 23.2 Å². The number of carbonyl (C=O) groups is 1. The van der Waals surface area contributed by atoms with Gasteiger partial charge in [0, 0.05) is 11.6 Å². The van der Waals surface area contributed by atoms with Crippen LogP contribution in [0.3, 0.4) is 0 Å². The van der Waals surface area contributed by atoms with E-state index in [1.807, 2.05) is 12.3 Å². The lowest BCUT2D eigenvalue weighted by Crippen LogP contribution is -2.39. The monoisotopic (exact) mass is 255 g/mol. The van der Waals surface area contributed by atoms with Crippen LogP contribution < -0.4 is 0 Å². The maximum Gasteiger partial charge on any atom is 0.308 e. The molecule has 0 spiro atoms. The van der Waals surface area contributed by atoms with E-state index in [-0.39, 0.29) is 17.8 Å². The van der Waals surface area contributed by atoms with E-state index < -0.39 is 5.60 Å². The third-order valence-electron chi connectivity index (χ3n) is 3.55. The first-order chi connectivity index (χ1) is 8.07. The van der Waals surface area contributed by atoms with Crippen LogP contribution in [0, 0.1) is 11.8 Å². The number of methoxy groups -OCH3 is 1. The van der Waals surface area contributed by atoms with Crippen molar-refractivity contribution in [2.24, 2.45) is 11.8 Å². The van der Waals surface area contributed by atoms with Gasteiger partial charge in [-0.05, 0) is 25.2 Å². The number of aromatic nitrogens is 1. The van der Waals surface area contributed by atoms with Gasteiger partial charge >= 0.3 is 5.97 Å². The van der Waals surface area contributed by atoms with Gasteiger partial charge in [0.25, 0.3) is 0 Å². The zero-order valence-corrected chi connectivity index (χ0v) is 10.9. The van der Waals surface area contributed by atoms with Crippen molar-refractivity contribution in [2.45, 2.75) is 31.8 Å². The number of hydrogen-bond donors (Lipinski definition) is 1. The van der Waals surface area contributed by atoms with E-state index in [0.29, 0.717) is 19.3 Å². The first-order valence-corrected chi connectivity index (χ1v) is 6.65. The minimum Gasteiger partial charge on any atom is -0.469 e. The zero-order valence-electron chi connectivity index (χ0n) is 10.0. The van der Waals surface area contributed by atoms with E-state index in [0.717, 1.165) is 5.01 Å². The minimum atomic E-state index is -0.863. The van der Waals surface area contributed by atoms with E-state index >= 15 is 0 Å². The molecule has 17 heavy (non-hydrogen) atoms. The Morgan fingerprint density at radius 3 is 3.00 bits per heavy atom. The van der Waals surface area contributed by atoms with Crippen molar-refractivity contribution in [2.75, 3.05) is 7.11 Å². The van der Waals surface area contributed by atoms with Crippen LogP contribution in [0.2, 0.25) is 0 Å². The Labute approximate surface area is 105 Å². The Morgan fingerprint density at radius 2 is 2.47 bits per heavy atom. The average molecular weight is 255 g/mol. The van der Waals surface area contributed by atoms with Gasteiger partial charge in [0.15, 0.2) is 0 Å². The molecule has 0 saturated heterocycles. The third-order valence-corrected chi connectivity index (χ3v) is 4.52. The number of hydrogen-bond acceptors (Lipinski definition) is 5. The summed E-state index contributed by atoms with van der Waals surface area (Å²) in [6.45, 7) is 1.99. The fourth-order valence-corrected chi connectivity index (χ4v) is 3.38. The molecule has 4 nitrogen and oxygen atoms in total.